The molecule has 2 aliphatic carbocycles. The molecule has 222 valence electrons. The molecule has 0 spiro atoms. The Labute approximate surface area is 228 Å². The zero-order chi connectivity index (χ0) is 29.1. The monoisotopic (exact) mass is 594 g/mol. The number of benzene rings is 1. The molecule has 2 N–H and O–H groups in total. The maximum absolute atomic E-state index is 14.2. The maximum Gasteiger partial charge on any atom is 0.417 e. The highest BCUT2D eigenvalue weighted by molar-refractivity contribution is 7.92. The van der Waals surface area contributed by atoms with Crippen molar-refractivity contribution in [2.45, 2.75) is 53.6 Å². The summed E-state index contributed by atoms with van der Waals surface area (Å²) in [4.78, 5) is 28.0. The number of hydrogen-bond donors (Lipinski definition) is 2. The Kier molecular flexibility index (Phi) is 7.31. The second kappa shape index (κ2) is 10.1. The molecule has 0 bridgehead atoms. The molecule has 4 aliphatic rings. The third-order valence-electron chi connectivity index (χ3n) is 8.31. The summed E-state index contributed by atoms with van der Waals surface area (Å²) in [6.45, 7) is -0.377. The van der Waals surface area contributed by atoms with E-state index in [-0.39, 0.29) is 5.69 Å². The number of rotatable bonds is 7. The summed E-state index contributed by atoms with van der Waals surface area (Å²) in [6, 6.07) is 3.02. The third-order valence-corrected chi connectivity index (χ3v) is 10.5. The number of sulfone groups is 1. The molecule has 5 rings (SSSR count). The van der Waals surface area contributed by atoms with Crippen LogP contribution in [0.15, 0.2) is 23.1 Å². The number of hydrogen-bond acceptors (Lipinski definition) is 7. The largest absolute Gasteiger partial charge is 0.417 e. The van der Waals surface area contributed by atoms with E-state index >= 15 is 0 Å². The fourth-order valence-corrected chi connectivity index (χ4v) is 7.81. The van der Waals surface area contributed by atoms with Gasteiger partial charge in [-0.2, -0.15) is 13.2 Å². The normalized spacial score (nSPS) is 27.7. The van der Waals surface area contributed by atoms with E-state index in [4.69, 9.17) is 4.74 Å². The van der Waals surface area contributed by atoms with Crippen molar-refractivity contribution >= 4 is 27.3 Å². The first-order chi connectivity index (χ1) is 18.7. The van der Waals surface area contributed by atoms with Crippen molar-refractivity contribution in [1.29, 1.82) is 0 Å². The number of nitrogens with zero attached hydrogens (tertiary/aromatic N) is 2. The number of carbonyl (C=O) groups is 2. The van der Waals surface area contributed by atoms with Crippen LogP contribution >= 0.6 is 0 Å². The Morgan fingerprint density at radius 3 is 2.23 bits per heavy atom. The van der Waals surface area contributed by atoms with Crippen molar-refractivity contribution in [3.05, 3.63) is 23.8 Å². The lowest BCUT2D eigenvalue weighted by Crippen LogP contribution is -2.60. The molecule has 2 aliphatic heterocycles. The fourth-order valence-electron chi connectivity index (χ4n) is 5.79. The van der Waals surface area contributed by atoms with Crippen molar-refractivity contribution in [1.82, 2.24) is 15.5 Å². The second-order valence-electron chi connectivity index (χ2n) is 11.0. The smallest absolute Gasteiger partial charge is 0.378 e. The predicted molar refractivity (Wildman–Crippen MR) is 132 cm³/mol. The summed E-state index contributed by atoms with van der Waals surface area (Å²) in [5.74, 6) is -6.96. The lowest BCUT2D eigenvalue weighted by molar-refractivity contribution is -0.171. The number of amides is 2. The second-order valence-corrected chi connectivity index (χ2v) is 13.2. The minimum Gasteiger partial charge on any atom is -0.378 e. The van der Waals surface area contributed by atoms with E-state index in [9.17, 15) is 40.0 Å². The topological polar surface area (TPSA) is 108 Å². The Bertz CT molecular complexity index is 1270. The summed E-state index contributed by atoms with van der Waals surface area (Å²) < 4.78 is 102. The molecule has 0 aromatic heterocycles. The van der Waals surface area contributed by atoms with Crippen LogP contribution in [0.3, 0.4) is 0 Å². The molecular formula is C25H31F5N4O5S. The van der Waals surface area contributed by atoms with Crippen LogP contribution in [0.2, 0.25) is 0 Å². The van der Waals surface area contributed by atoms with Gasteiger partial charge in [0.1, 0.15) is 0 Å². The number of nitrogens with one attached hydrogen (secondary N) is 2. The Morgan fingerprint density at radius 1 is 1.05 bits per heavy atom. The summed E-state index contributed by atoms with van der Waals surface area (Å²) in [7, 11) is -3.06. The van der Waals surface area contributed by atoms with E-state index in [2.05, 4.69) is 10.6 Å². The van der Waals surface area contributed by atoms with E-state index in [1.54, 1.807) is 11.9 Å². The SMILES string of the molecule is CNC1(NC(=O)[C@@H]2C[C@@H](S(=O)(=O)c3ccc(N4CCOCC4)cc3C(F)(F)F)C[C@H]2C(=O)N2CC(F)(F)C2)CC1. The maximum atomic E-state index is 14.2. The van der Waals surface area contributed by atoms with Crippen LogP contribution in [0.1, 0.15) is 31.2 Å². The molecule has 2 heterocycles. The number of carbonyl (C=O) groups excluding carboxylic acids is 2. The average Bonchev–Trinajstić information content (AvgIpc) is 3.51. The number of anilines is 1. The van der Waals surface area contributed by atoms with Crippen LogP contribution < -0.4 is 15.5 Å². The third kappa shape index (κ3) is 5.51. The lowest BCUT2D eigenvalue weighted by Gasteiger charge is -2.40. The van der Waals surface area contributed by atoms with Crippen molar-refractivity contribution in [3.63, 3.8) is 0 Å². The molecule has 4 fully saturated rings. The highest BCUT2D eigenvalue weighted by atomic mass is 32.2. The van der Waals surface area contributed by atoms with Gasteiger partial charge in [-0.3, -0.25) is 14.9 Å². The van der Waals surface area contributed by atoms with E-state index in [0.29, 0.717) is 39.1 Å². The van der Waals surface area contributed by atoms with E-state index < -0.39 is 92.9 Å². The minimum absolute atomic E-state index is 0.201. The molecule has 2 saturated carbocycles. The van der Waals surface area contributed by atoms with E-state index in [1.165, 1.54) is 6.07 Å². The molecule has 9 nitrogen and oxygen atoms in total. The molecule has 1 aromatic carbocycles. The number of likely N-dealkylation sites (tertiary alicyclic amines) is 1. The van der Waals surface area contributed by atoms with Gasteiger partial charge in [-0.15, -0.1) is 0 Å². The summed E-state index contributed by atoms with van der Waals surface area (Å²) in [5.41, 5.74) is -1.84. The van der Waals surface area contributed by atoms with Crippen LogP contribution in [0, 0.1) is 11.8 Å². The molecule has 0 unspecified atom stereocenters. The molecule has 3 atom stereocenters. The zero-order valence-corrected chi connectivity index (χ0v) is 22.6. The average molecular weight is 595 g/mol. The predicted octanol–water partition coefficient (Wildman–Crippen LogP) is 2.01. The van der Waals surface area contributed by atoms with Crippen LogP contribution in [0.4, 0.5) is 27.6 Å². The molecule has 2 amide bonds. The van der Waals surface area contributed by atoms with Gasteiger partial charge in [0, 0.05) is 18.8 Å². The first kappa shape index (κ1) is 29.0. The number of halogens is 5. The van der Waals surface area contributed by atoms with Gasteiger partial charge in [0.05, 0.1) is 59.5 Å². The number of ether oxygens (including phenoxy) is 1. The first-order valence-electron chi connectivity index (χ1n) is 13.1. The zero-order valence-electron chi connectivity index (χ0n) is 21.8. The quantitative estimate of drug-likeness (QED) is 0.368. The van der Waals surface area contributed by atoms with Gasteiger partial charge in [0.25, 0.3) is 5.92 Å². The van der Waals surface area contributed by atoms with Crippen molar-refractivity contribution in [2.75, 3.05) is 51.3 Å². The van der Waals surface area contributed by atoms with Crippen LogP contribution in [-0.2, 0) is 30.3 Å². The van der Waals surface area contributed by atoms with E-state index in [0.717, 1.165) is 17.0 Å². The van der Waals surface area contributed by atoms with Crippen molar-refractivity contribution in [3.8, 4) is 0 Å². The van der Waals surface area contributed by atoms with Gasteiger partial charge in [-0.25, -0.2) is 17.2 Å². The van der Waals surface area contributed by atoms with Gasteiger partial charge >= 0.3 is 6.18 Å². The van der Waals surface area contributed by atoms with Gasteiger partial charge in [-0.1, -0.05) is 0 Å². The standard InChI is InChI=1S/C25H31F5N4O5S/c1-31-24(4-5-24)32-21(35)17-11-16(12-18(17)22(36)34-13-23(26,27)14-34)40(37,38)20-3-2-15(10-19(20)25(28,29)30)33-6-8-39-9-7-33/h2-3,10,16-18,31H,4-9,11-14H2,1H3,(H,32,35)/t16-,17-,18-/m1/s1. The van der Waals surface area contributed by atoms with Gasteiger partial charge in [0.15, 0.2) is 9.84 Å². The Hall–Kier alpha value is -2.52. The molecule has 1 aromatic rings. The van der Waals surface area contributed by atoms with Crippen molar-refractivity contribution in [2.24, 2.45) is 11.8 Å². The highest BCUT2D eigenvalue weighted by Gasteiger charge is 2.55. The first-order valence-corrected chi connectivity index (χ1v) is 14.7. The Morgan fingerprint density at radius 2 is 1.68 bits per heavy atom. The molecular weight excluding hydrogens is 563 g/mol. The Balaban J connectivity index is 1.45. The lowest BCUT2D eigenvalue weighted by atomic mass is 9.92. The van der Waals surface area contributed by atoms with Crippen LogP contribution in [0.25, 0.3) is 0 Å². The summed E-state index contributed by atoms with van der Waals surface area (Å²) >= 11 is 0. The van der Waals surface area contributed by atoms with Gasteiger partial charge < -0.3 is 19.9 Å². The molecule has 2 saturated heterocycles. The van der Waals surface area contributed by atoms with E-state index in [1.807, 2.05) is 0 Å². The molecule has 0 radical (unpaired) electrons. The fraction of sp³-hybridized carbons (Fsp3) is 0.680. The minimum atomic E-state index is -5.00. The molecule has 15 heteroatoms. The van der Waals surface area contributed by atoms with Gasteiger partial charge in [-0.05, 0) is 50.9 Å². The van der Waals surface area contributed by atoms with Crippen LogP contribution in [-0.4, -0.2) is 88.4 Å². The van der Waals surface area contributed by atoms with Crippen molar-refractivity contribution < 1.29 is 44.7 Å². The van der Waals surface area contributed by atoms with Gasteiger partial charge in [0.2, 0.25) is 11.8 Å². The summed E-state index contributed by atoms with van der Waals surface area (Å²) in [6.07, 6.45) is -4.65. The highest BCUT2D eigenvalue weighted by Crippen LogP contribution is 2.45. The molecule has 40 heavy (non-hydrogen) atoms. The van der Waals surface area contributed by atoms with Crippen LogP contribution in [0.5, 0.6) is 0 Å². The summed E-state index contributed by atoms with van der Waals surface area (Å²) in [5, 5.41) is 4.23. The number of morpholine rings is 1. The number of alkyl halides is 5.